The van der Waals surface area contributed by atoms with E-state index in [2.05, 4.69) is 34.5 Å². The minimum Gasteiger partial charge on any atom is -0.366 e. The van der Waals surface area contributed by atoms with Crippen LogP contribution < -0.4 is 5.73 Å². The zero-order valence-electron chi connectivity index (χ0n) is 12.3. The Kier molecular flexibility index (Phi) is 3.74. The molecular weight excluding hydrogens is 278 g/mol. The lowest BCUT2D eigenvalue weighted by Gasteiger charge is -2.05. The topological polar surface area (TPSA) is 78.7 Å². The summed E-state index contributed by atoms with van der Waals surface area (Å²) < 4.78 is 3.61. The molecule has 0 aliphatic rings. The summed E-state index contributed by atoms with van der Waals surface area (Å²) in [5.41, 5.74) is 9.09. The third-order valence-electron chi connectivity index (χ3n) is 3.39. The van der Waals surface area contributed by atoms with Crippen LogP contribution in [0.3, 0.4) is 0 Å². The molecule has 3 aromatic rings. The van der Waals surface area contributed by atoms with Gasteiger partial charge in [0, 0.05) is 12.4 Å². The molecule has 6 nitrogen and oxygen atoms in total. The first-order valence-corrected chi connectivity index (χ1v) is 6.99. The first-order chi connectivity index (χ1) is 10.6. The molecule has 1 amide bonds. The molecule has 3 rings (SSSR count). The Bertz CT molecular complexity index is 785. The molecule has 0 aliphatic heterocycles. The third kappa shape index (κ3) is 3.22. The maximum Gasteiger partial charge on any atom is 0.251 e. The van der Waals surface area contributed by atoms with E-state index in [1.165, 1.54) is 11.8 Å². The average molecular weight is 295 g/mol. The van der Waals surface area contributed by atoms with Gasteiger partial charge in [0.15, 0.2) is 0 Å². The molecule has 6 heteroatoms. The van der Waals surface area contributed by atoms with Crippen LogP contribution in [0.15, 0.2) is 49.1 Å². The van der Waals surface area contributed by atoms with Gasteiger partial charge in [0.05, 0.1) is 31.0 Å². The van der Waals surface area contributed by atoms with Crippen molar-refractivity contribution in [2.75, 3.05) is 0 Å². The van der Waals surface area contributed by atoms with E-state index >= 15 is 0 Å². The molecule has 0 saturated heterocycles. The van der Waals surface area contributed by atoms with E-state index in [0.29, 0.717) is 12.1 Å². The molecule has 0 spiro atoms. The van der Waals surface area contributed by atoms with Crippen molar-refractivity contribution in [1.29, 1.82) is 0 Å². The summed E-state index contributed by atoms with van der Waals surface area (Å²) in [7, 11) is 0. The van der Waals surface area contributed by atoms with Crippen LogP contribution in [0.4, 0.5) is 0 Å². The Morgan fingerprint density at radius 3 is 2.00 bits per heavy atom. The van der Waals surface area contributed by atoms with Crippen molar-refractivity contribution >= 4 is 5.91 Å². The van der Waals surface area contributed by atoms with Gasteiger partial charge in [-0.15, -0.1) is 0 Å². The zero-order chi connectivity index (χ0) is 15.5. The van der Waals surface area contributed by atoms with Crippen LogP contribution >= 0.6 is 0 Å². The summed E-state index contributed by atoms with van der Waals surface area (Å²) in [5, 5.41) is 8.41. The molecule has 112 valence electrons. The van der Waals surface area contributed by atoms with Gasteiger partial charge in [-0.3, -0.25) is 14.2 Å². The Labute approximate surface area is 128 Å². The highest BCUT2D eigenvalue weighted by molar-refractivity contribution is 5.92. The van der Waals surface area contributed by atoms with Crippen molar-refractivity contribution in [2.24, 2.45) is 5.73 Å². The van der Waals surface area contributed by atoms with Gasteiger partial charge in [-0.25, -0.2) is 0 Å². The summed E-state index contributed by atoms with van der Waals surface area (Å²) in [6, 6.07) is 8.25. The van der Waals surface area contributed by atoms with Gasteiger partial charge >= 0.3 is 0 Å². The Hall–Kier alpha value is -2.89. The molecule has 0 saturated carbocycles. The normalized spacial score (nSPS) is 10.8. The third-order valence-corrected chi connectivity index (χ3v) is 3.39. The number of aromatic nitrogens is 4. The predicted octanol–water partition coefficient (Wildman–Crippen LogP) is 1.58. The molecule has 0 radical (unpaired) electrons. The summed E-state index contributed by atoms with van der Waals surface area (Å²) in [6.07, 6.45) is 7.00. The fourth-order valence-corrected chi connectivity index (χ4v) is 2.25. The number of nitrogens with two attached hydrogens (primary N) is 1. The second kappa shape index (κ2) is 5.85. The minimum atomic E-state index is -0.462. The fraction of sp³-hybridized carbons (Fsp3) is 0.188. The van der Waals surface area contributed by atoms with Crippen LogP contribution in [0, 0.1) is 6.92 Å². The Morgan fingerprint density at radius 2 is 1.55 bits per heavy atom. The molecule has 22 heavy (non-hydrogen) atoms. The molecule has 1 aromatic carbocycles. The Balaban J connectivity index is 1.67. The second-order valence-electron chi connectivity index (χ2n) is 5.32. The number of hydrogen-bond donors (Lipinski definition) is 1. The van der Waals surface area contributed by atoms with E-state index in [0.717, 1.165) is 17.7 Å². The molecule has 0 unspecified atom stereocenters. The van der Waals surface area contributed by atoms with E-state index in [9.17, 15) is 4.79 Å². The van der Waals surface area contributed by atoms with E-state index in [-0.39, 0.29) is 0 Å². The van der Waals surface area contributed by atoms with Crippen molar-refractivity contribution in [2.45, 2.75) is 20.0 Å². The van der Waals surface area contributed by atoms with Crippen LogP contribution in [0.2, 0.25) is 0 Å². The summed E-state index contributed by atoms with van der Waals surface area (Å²) in [5.74, 6) is -0.462. The van der Waals surface area contributed by atoms with Gasteiger partial charge in [0.2, 0.25) is 0 Å². The van der Waals surface area contributed by atoms with Gasteiger partial charge in [0.1, 0.15) is 0 Å². The van der Waals surface area contributed by atoms with Gasteiger partial charge in [0.25, 0.3) is 5.91 Å². The molecule has 2 heterocycles. The number of primary amides is 1. The van der Waals surface area contributed by atoms with Crippen molar-refractivity contribution in [3.63, 3.8) is 0 Å². The van der Waals surface area contributed by atoms with E-state index in [4.69, 9.17) is 5.73 Å². The van der Waals surface area contributed by atoms with E-state index < -0.39 is 5.91 Å². The standard InChI is InChI=1S/C16H17N5O/c1-12-6-18-20(8-12)9-13-2-4-14(5-3-13)10-21-11-15(7-19-21)16(17)22/h2-8,11H,9-10H2,1H3,(H2,17,22). The second-order valence-corrected chi connectivity index (χ2v) is 5.32. The van der Waals surface area contributed by atoms with Gasteiger partial charge in [-0.1, -0.05) is 24.3 Å². The van der Waals surface area contributed by atoms with Gasteiger partial charge < -0.3 is 5.73 Å². The van der Waals surface area contributed by atoms with Crippen LogP contribution in [0.25, 0.3) is 0 Å². The highest BCUT2D eigenvalue weighted by Crippen LogP contribution is 2.09. The summed E-state index contributed by atoms with van der Waals surface area (Å²) >= 11 is 0. The highest BCUT2D eigenvalue weighted by Gasteiger charge is 2.04. The largest absolute Gasteiger partial charge is 0.366 e. The van der Waals surface area contributed by atoms with Crippen molar-refractivity contribution < 1.29 is 4.79 Å². The Morgan fingerprint density at radius 1 is 1.00 bits per heavy atom. The van der Waals surface area contributed by atoms with E-state index in [1.54, 1.807) is 10.9 Å². The number of carbonyl (C=O) groups is 1. The quantitative estimate of drug-likeness (QED) is 0.776. The van der Waals surface area contributed by atoms with Crippen LogP contribution in [0.5, 0.6) is 0 Å². The highest BCUT2D eigenvalue weighted by atomic mass is 16.1. The van der Waals surface area contributed by atoms with Crippen molar-refractivity contribution in [3.05, 3.63) is 71.3 Å². The number of benzene rings is 1. The number of carbonyl (C=O) groups excluding carboxylic acids is 1. The molecule has 2 N–H and O–H groups in total. The number of nitrogens with zero attached hydrogens (tertiary/aromatic N) is 4. The molecule has 0 atom stereocenters. The fourth-order valence-electron chi connectivity index (χ4n) is 2.25. The van der Waals surface area contributed by atoms with Crippen molar-refractivity contribution in [1.82, 2.24) is 19.6 Å². The smallest absolute Gasteiger partial charge is 0.251 e. The zero-order valence-corrected chi connectivity index (χ0v) is 12.3. The van der Waals surface area contributed by atoms with E-state index in [1.807, 2.05) is 24.0 Å². The number of amides is 1. The minimum absolute atomic E-state index is 0.422. The number of aryl methyl sites for hydroxylation is 1. The van der Waals surface area contributed by atoms with Crippen LogP contribution in [0.1, 0.15) is 27.0 Å². The first kappa shape index (κ1) is 14.1. The van der Waals surface area contributed by atoms with Crippen LogP contribution in [-0.4, -0.2) is 25.5 Å². The average Bonchev–Trinajstić information content (AvgIpc) is 3.10. The number of rotatable bonds is 5. The lowest BCUT2D eigenvalue weighted by atomic mass is 10.1. The monoisotopic (exact) mass is 295 g/mol. The lowest BCUT2D eigenvalue weighted by Crippen LogP contribution is -2.09. The first-order valence-electron chi connectivity index (χ1n) is 6.99. The summed E-state index contributed by atoms with van der Waals surface area (Å²) in [4.78, 5) is 11.0. The van der Waals surface area contributed by atoms with Gasteiger partial charge in [-0.2, -0.15) is 10.2 Å². The van der Waals surface area contributed by atoms with Crippen molar-refractivity contribution in [3.8, 4) is 0 Å². The predicted molar refractivity (Wildman–Crippen MR) is 82.4 cm³/mol. The van der Waals surface area contributed by atoms with Gasteiger partial charge in [-0.05, 0) is 23.6 Å². The summed E-state index contributed by atoms with van der Waals surface area (Å²) in [6.45, 7) is 3.38. The SMILES string of the molecule is Cc1cnn(Cc2ccc(Cn3cc(C(N)=O)cn3)cc2)c1. The maximum absolute atomic E-state index is 11.0. The molecule has 0 aliphatic carbocycles. The van der Waals surface area contributed by atoms with Crippen LogP contribution in [-0.2, 0) is 13.1 Å². The molecular formula is C16H17N5O. The molecule has 0 fully saturated rings. The number of hydrogen-bond acceptors (Lipinski definition) is 3. The molecule has 0 bridgehead atoms. The maximum atomic E-state index is 11.0. The lowest BCUT2D eigenvalue weighted by molar-refractivity contribution is 0.1000. The molecule has 2 aromatic heterocycles.